The van der Waals surface area contributed by atoms with E-state index in [-0.39, 0.29) is 0 Å². The SMILES string of the molecule is CCC1CN(c2cnc(C(C)C)nc2CCl)CCO1. The van der Waals surface area contributed by atoms with Gasteiger partial charge >= 0.3 is 0 Å². The summed E-state index contributed by atoms with van der Waals surface area (Å²) in [6.45, 7) is 8.86. The molecule has 2 heterocycles. The van der Waals surface area contributed by atoms with Gasteiger partial charge in [0.15, 0.2) is 0 Å². The summed E-state index contributed by atoms with van der Waals surface area (Å²) in [5, 5.41) is 0. The van der Waals surface area contributed by atoms with E-state index in [1.54, 1.807) is 0 Å². The third kappa shape index (κ3) is 3.37. The zero-order chi connectivity index (χ0) is 13.8. The Labute approximate surface area is 120 Å². The molecule has 2 rings (SSSR count). The van der Waals surface area contributed by atoms with E-state index in [2.05, 4.69) is 35.6 Å². The monoisotopic (exact) mass is 283 g/mol. The zero-order valence-corrected chi connectivity index (χ0v) is 12.7. The van der Waals surface area contributed by atoms with Crippen molar-refractivity contribution in [3.63, 3.8) is 0 Å². The summed E-state index contributed by atoms with van der Waals surface area (Å²) in [7, 11) is 0. The molecule has 0 radical (unpaired) electrons. The van der Waals surface area contributed by atoms with Gasteiger partial charge in [0.05, 0.1) is 36.2 Å². The lowest BCUT2D eigenvalue weighted by Gasteiger charge is -2.34. The summed E-state index contributed by atoms with van der Waals surface area (Å²) < 4.78 is 5.70. The highest BCUT2D eigenvalue weighted by atomic mass is 35.5. The van der Waals surface area contributed by atoms with Crippen LogP contribution in [0.15, 0.2) is 6.20 Å². The molecule has 1 unspecified atom stereocenters. The highest BCUT2D eigenvalue weighted by Crippen LogP contribution is 2.24. The molecule has 0 aliphatic carbocycles. The van der Waals surface area contributed by atoms with Crippen molar-refractivity contribution < 1.29 is 4.74 Å². The van der Waals surface area contributed by atoms with Crippen LogP contribution in [0.3, 0.4) is 0 Å². The van der Waals surface area contributed by atoms with E-state index in [0.29, 0.717) is 17.9 Å². The number of nitrogens with zero attached hydrogens (tertiary/aromatic N) is 3. The third-order valence-electron chi connectivity index (χ3n) is 3.44. The van der Waals surface area contributed by atoms with Crippen LogP contribution < -0.4 is 4.90 Å². The average Bonchev–Trinajstić information content (AvgIpc) is 2.46. The van der Waals surface area contributed by atoms with Crippen molar-refractivity contribution in [1.29, 1.82) is 0 Å². The van der Waals surface area contributed by atoms with Crippen molar-refractivity contribution in [2.24, 2.45) is 0 Å². The summed E-state index contributed by atoms with van der Waals surface area (Å²) in [6, 6.07) is 0. The maximum atomic E-state index is 6.05. The average molecular weight is 284 g/mol. The number of aromatic nitrogens is 2. The quantitative estimate of drug-likeness (QED) is 0.797. The van der Waals surface area contributed by atoms with Crippen LogP contribution in [0.4, 0.5) is 5.69 Å². The fourth-order valence-corrected chi connectivity index (χ4v) is 2.45. The second kappa shape index (κ2) is 6.53. The van der Waals surface area contributed by atoms with E-state index in [1.807, 2.05) is 6.20 Å². The minimum absolute atomic E-state index is 0.293. The Morgan fingerprint density at radius 3 is 2.95 bits per heavy atom. The maximum Gasteiger partial charge on any atom is 0.131 e. The molecule has 1 saturated heterocycles. The number of morpholine rings is 1. The molecule has 1 aromatic heterocycles. The Kier molecular flexibility index (Phi) is 4.99. The minimum atomic E-state index is 0.293. The second-order valence-corrected chi connectivity index (χ2v) is 5.46. The molecule has 0 aromatic carbocycles. The first-order valence-corrected chi connectivity index (χ1v) is 7.47. The molecule has 1 atom stereocenters. The fraction of sp³-hybridized carbons (Fsp3) is 0.714. The van der Waals surface area contributed by atoms with Gasteiger partial charge in [0.2, 0.25) is 0 Å². The van der Waals surface area contributed by atoms with E-state index in [1.165, 1.54) is 0 Å². The molecule has 1 aliphatic heterocycles. The van der Waals surface area contributed by atoms with Crippen LogP contribution in [0, 0.1) is 0 Å². The molecule has 0 spiro atoms. The van der Waals surface area contributed by atoms with Gasteiger partial charge in [0.1, 0.15) is 5.82 Å². The molecule has 0 saturated carbocycles. The molecule has 0 amide bonds. The maximum absolute atomic E-state index is 6.05. The van der Waals surface area contributed by atoms with Gasteiger partial charge in [-0.15, -0.1) is 11.6 Å². The standard InChI is InChI=1S/C14H22ClN3O/c1-4-11-9-18(5-6-19-11)13-8-16-14(10(2)3)17-12(13)7-15/h8,10-11H,4-7,9H2,1-3H3. The van der Waals surface area contributed by atoms with Crippen molar-refractivity contribution >= 4 is 17.3 Å². The first kappa shape index (κ1) is 14.5. The highest BCUT2D eigenvalue weighted by molar-refractivity contribution is 6.17. The molecule has 1 aromatic rings. The van der Waals surface area contributed by atoms with Gasteiger partial charge in [-0.25, -0.2) is 9.97 Å². The van der Waals surface area contributed by atoms with Crippen LogP contribution in [0.5, 0.6) is 0 Å². The Morgan fingerprint density at radius 2 is 2.32 bits per heavy atom. The number of ether oxygens (including phenoxy) is 1. The number of anilines is 1. The molecule has 1 fully saturated rings. The van der Waals surface area contributed by atoms with Crippen molar-refractivity contribution in [2.45, 2.75) is 45.1 Å². The number of alkyl halides is 1. The van der Waals surface area contributed by atoms with E-state index in [0.717, 1.165) is 43.3 Å². The van der Waals surface area contributed by atoms with Crippen LogP contribution >= 0.6 is 11.6 Å². The van der Waals surface area contributed by atoms with Crippen molar-refractivity contribution in [3.8, 4) is 0 Å². The molecule has 19 heavy (non-hydrogen) atoms. The molecule has 4 nitrogen and oxygen atoms in total. The smallest absolute Gasteiger partial charge is 0.131 e. The van der Waals surface area contributed by atoms with Crippen LogP contribution in [-0.4, -0.2) is 35.8 Å². The highest BCUT2D eigenvalue weighted by Gasteiger charge is 2.22. The molecule has 5 heteroatoms. The second-order valence-electron chi connectivity index (χ2n) is 5.20. The molecular weight excluding hydrogens is 262 g/mol. The third-order valence-corrected chi connectivity index (χ3v) is 3.70. The number of hydrogen-bond acceptors (Lipinski definition) is 4. The predicted molar refractivity (Wildman–Crippen MR) is 77.9 cm³/mol. The van der Waals surface area contributed by atoms with Crippen LogP contribution in [0.25, 0.3) is 0 Å². The van der Waals surface area contributed by atoms with Crippen LogP contribution in [-0.2, 0) is 10.6 Å². The fourth-order valence-electron chi connectivity index (χ4n) is 2.25. The Morgan fingerprint density at radius 1 is 1.53 bits per heavy atom. The lowest BCUT2D eigenvalue weighted by atomic mass is 10.2. The van der Waals surface area contributed by atoms with Crippen LogP contribution in [0.2, 0.25) is 0 Å². The number of rotatable bonds is 4. The van der Waals surface area contributed by atoms with E-state index < -0.39 is 0 Å². The largest absolute Gasteiger partial charge is 0.375 e. The lowest BCUT2D eigenvalue weighted by Crippen LogP contribution is -2.42. The summed E-state index contributed by atoms with van der Waals surface area (Å²) in [6.07, 6.45) is 3.23. The van der Waals surface area contributed by atoms with Gasteiger partial charge in [0, 0.05) is 19.0 Å². The van der Waals surface area contributed by atoms with Gasteiger partial charge in [-0.2, -0.15) is 0 Å². The molecule has 106 valence electrons. The Balaban J connectivity index is 2.23. The minimum Gasteiger partial charge on any atom is -0.375 e. The van der Waals surface area contributed by atoms with E-state index in [9.17, 15) is 0 Å². The van der Waals surface area contributed by atoms with Crippen molar-refractivity contribution in [1.82, 2.24) is 9.97 Å². The van der Waals surface area contributed by atoms with Crippen LogP contribution in [0.1, 0.15) is 44.6 Å². The first-order valence-electron chi connectivity index (χ1n) is 6.94. The number of halogens is 1. The van der Waals surface area contributed by atoms with E-state index >= 15 is 0 Å². The number of hydrogen-bond donors (Lipinski definition) is 0. The van der Waals surface area contributed by atoms with Crippen molar-refractivity contribution in [3.05, 3.63) is 17.7 Å². The summed E-state index contributed by atoms with van der Waals surface area (Å²) in [5.41, 5.74) is 1.98. The topological polar surface area (TPSA) is 38.2 Å². The Hall–Kier alpha value is -0.870. The van der Waals surface area contributed by atoms with Gasteiger partial charge < -0.3 is 9.64 Å². The normalized spacial score (nSPS) is 20.1. The molecular formula is C14H22ClN3O. The van der Waals surface area contributed by atoms with Gasteiger partial charge in [-0.1, -0.05) is 20.8 Å². The van der Waals surface area contributed by atoms with Gasteiger partial charge in [0.25, 0.3) is 0 Å². The molecule has 1 aliphatic rings. The summed E-state index contributed by atoms with van der Waals surface area (Å²) in [4.78, 5) is 11.3. The van der Waals surface area contributed by atoms with Gasteiger partial charge in [-0.3, -0.25) is 0 Å². The van der Waals surface area contributed by atoms with Crippen molar-refractivity contribution in [2.75, 3.05) is 24.6 Å². The van der Waals surface area contributed by atoms with Gasteiger partial charge in [-0.05, 0) is 6.42 Å². The molecule has 0 N–H and O–H groups in total. The molecule has 0 bridgehead atoms. The first-order chi connectivity index (χ1) is 9.15. The summed E-state index contributed by atoms with van der Waals surface area (Å²) in [5.74, 6) is 1.61. The predicted octanol–water partition coefficient (Wildman–Crippen LogP) is 2.95. The Bertz CT molecular complexity index is 425. The lowest BCUT2D eigenvalue weighted by molar-refractivity contribution is 0.0383. The summed E-state index contributed by atoms with van der Waals surface area (Å²) >= 11 is 6.05. The van der Waals surface area contributed by atoms with E-state index in [4.69, 9.17) is 16.3 Å². The zero-order valence-electron chi connectivity index (χ0n) is 11.9.